The highest BCUT2D eigenvalue weighted by molar-refractivity contribution is 7.99. The number of carbonyl (C=O) groups is 2. The van der Waals surface area contributed by atoms with Crippen LogP contribution in [0.5, 0.6) is 5.75 Å². The predicted molar refractivity (Wildman–Crippen MR) is 160 cm³/mol. The lowest BCUT2D eigenvalue weighted by Gasteiger charge is -2.24. The van der Waals surface area contributed by atoms with Crippen LogP contribution < -0.4 is 15.0 Å². The molecule has 3 rings (SSSR count). The van der Waals surface area contributed by atoms with E-state index in [0.29, 0.717) is 13.2 Å². The van der Waals surface area contributed by atoms with Crippen LogP contribution in [0.25, 0.3) is 0 Å². The molecule has 0 aliphatic carbocycles. The largest absolute Gasteiger partial charge is 0.494 e. The van der Waals surface area contributed by atoms with Gasteiger partial charge >= 0.3 is 12.0 Å². The minimum Gasteiger partial charge on any atom is -0.494 e. The molecule has 0 aromatic heterocycles. The quantitative estimate of drug-likeness (QED) is 0.175. The number of benzene rings is 3. The number of rotatable bonds is 16. The number of ether oxygens (including phenoxy) is 1. The molecule has 0 aliphatic heterocycles. The van der Waals surface area contributed by atoms with Crippen LogP contribution in [0, 0.1) is 0 Å². The SMILES string of the molecule is CCCCCCCN(C(=O)Nc1ccc(OCCCC)cc1)c1ccc(Sc2ccc(CC(=O)O)cc2)cc1. The van der Waals surface area contributed by atoms with E-state index >= 15 is 0 Å². The lowest BCUT2D eigenvalue weighted by Crippen LogP contribution is -2.35. The summed E-state index contributed by atoms with van der Waals surface area (Å²) in [5.41, 5.74) is 2.36. The summed E-state index contributed by atoms with van der Waals surface area (Å²) in [6.45, 7) is 5.67. The van der Waals surface area contributed by atoms with Crippen molar-refractivity contribution in [2.24, 2.45) is 0 Å². The standard InChI is InChI=1S/C32H40N2O4S/c1-3-5-7-8-9-22-34(32(37)33-26-12-16-28(17-13-26)38-23-6-4-2)27-14-20-30(21-15-27)39-29-18-10-25(11-19-29)24-31(35)36/h10-21H,3-9,22-24H2,1-2H3,(H,33,37)(H,35,36). The van der Waals surface area contributed by atoms with Gasteiger partial charge in [0.2, 0.25) is 0 Å². The van der Waals surface area contributed by atoms with Crippen molar-refractivity contribution in [3.05, 3.63) is 78.4 Å². The fourth-order valence-corrected chi connectivity index (χ4v) is 4.88. The average Bonchev–Trinajstić information content (AvgIpc) is 2.93. The van der Waals surface area contributed by atoms with Crippen LogP contribution in [0.3, 0.4) is 0 Å². The van der Waals surface area contributed by atoms with Crippen molar-refractivity contribution in [2.45, 2.75) is 75.0 Å². The van der Waals surface area contributed by atoms with Gasteiger partial charge in [-0.1, -0.05) is 69.8 Å². The van der Waals surface area contributed by atoms with Crippen molar-refractivity contribution in [1.29, 1.82) is 0 Å². The molecule has 2 amide bonds. The van der Waals surface area contributed by atoms with Crippen molar-refractivity contribution in [3.8, 4) is 5.75 Å². The molecule has 6 nitrogen and oxygen atoms in total. The monoisotopic (exact) mass is 548 g/mol. The van der Waals surface area contributed by atoms with Gasteiger partial charge in [-0.15, -0.1) is 0 Å². The van der Waals surface area contributed by atoms with E-state index in [1.807, 2.05) is 77.7 Å². The first-order valence-electron chi connectivity index (χ1n) is 13.9. The molecule has 0 spiro atoms. The second-order valence-electron chi connectivity index (χ2n) is 9.53. The Morgan fingerprint density at radius 1 is 0.795 bits per heavy atom. The molecule has 208 valence electrons. The summed E-state index contributed by atoms with van der Waals surface area (Å²) in [6.07, 6.45) is 7.72. The number of hydrogen-bond acceptors (Lipinski definition) is 4. The van der Waals surface area contributed by atoms with Crippen LogP contribution >= 0.6 is 11.8 Å². The van der Waals surface area contributed by atoms with Crippen molar-refractivity contribution >= 4 is 35.1 Å². The smallest absolute Gasteiger partial charge is 0.326 e. The number of carbonyl (C=O) groups excluding carboxylic acids is 1. The third-order valence-electron chi connectivity index (χ3n) is 6.27. The third-order valence-corrected chi connectivity index (χ3v) is 7.28. The average molecular weight is 549 g/mol. The molecular formula is C32H40N2O4S. The molecule has 3 aromatic rings. The summed E-state index contributed by atoms with van der Waals surface area (Å²) in [5, 5.41) is 12.0. The molecule has 0 bridgehead atoms. The Labute approximate surface area is 236 Å². The maximum Gasteiger partial charge on any atom is 0.326 e. The Morgan fingerprint density at radius 3 is 2.03 bits per heavy atom. The highest BCUT2D eigenvalue weighted by Crippen LogP contribution is 2.30. The molecule has 0 heterocycles. The van der Waals surface area contributed by atoms with Gasteiger partial charge in [-0.3, -0.25) is 9.69 Å². The first-order valence-corrected chi connectivity index (χ1v) is 14.7. The maximum atomic E-state index is 13.3. The van der Waals surface area contributed by atoms with Gasteiger partial charge in [-0.05, 0) is 79.1 Å². The molecule has 39 heavy (non-hydrogen) atoms. The zero-order chi connectivity index (χ0) is 27.9. The summed E-state index contributed by atoms with van der Waals surface area (Å²) in [7, 11) is 0. The number of anilines is 2. The lowest BCUT2D eigenvalue weighted by molar-refractivity contribution is -0.136. The number of amides is 2. The topological polar surface area (TPSA) is 78.9 Å². The first-order chi connectivity index (χ1) is 19.0. The van der Waals surface area contributed by atoms with Crippen LogP contribution in [-0.2, 0) is 11.2 Å². The van der Waals surface area contributed by atoms with E-state index in [2.05, 4.69) is 19.2 Å². The zero-order valence-electron chi connectivity index (χ0n) is 23.0. The first kappa shape index (κ1) is 30.1. The molecule has 0 saturated carbocycles. The Hall–Kier alpha value is -3.45. The molecule has 0 atom stereocenters. The fourth-order valence-electron chi connectivity index (χ4n) is 4.06. The summed E-state index contributed by atoms with van der Waals surface area (Å²) in [6, 6.07) is 22.9. The lowest BCUT2D eigenvalue weighted by atomic mass is 10.1. The molecule has 0 fully saturated rings. The van der Waals surface area contributed by atoms with Crippen molar-refractivity contribution < 1.29 is 19.4 Å². The van der Waals surface area contributed by atoms with Gasteiger partial charge in [0.05, 0.1) is 13.0 Å². The highest BCUT2D eigenvalue weighted by Gasteiger charge is 2.16. The van der Waals surface area contributed by atoms with Crippen LogP contribution in [0.1, 0.15) is 64.4 Å². The molecule has 3 aromatic carbocycles. The summed E-state index contributed by atoms with van der Waals surface area (Å²) in [4.78, 5) is 28.2. The van der Waals surface area contributed by atoms with E-state index in [9.17, 15) is 9.59 Å². The van der Waals surface area contributed by atoms with Crippen LogP contribution in [0.2, 0.25) is 0 Å². The van der Waals surface area contributed by atoms with Gasteiger partial charge < -0.3 is 15.2 Å². The maximum absolute atomic E-state index is 13.3. The van der Waals surface area contributed by atoms with Crippen molar-refractivity contribution in [1.82, 2.24) is 0 Å². The molecule has 7 heteroatoms. The molecule has 0 aliphatic rings. The summed E-state index contributed by atoms with van der Waals surface area (Å²) in [5.74, 6) is -0.0303. The van der Waals surface area contributed by atoms with Gasteiger partial charge in [0, 0.05) is 27.7 Å². The van der Waals surface area contributed by atoms with Crippen LogP contribution in [0.4, 0.5) is 16.2 Å². The van der Waals surface area contributed by atoms with E-state index < -0.39 is 5.97 Å². The third kappa shape index (κ3) is 10.7. The second kappa shape index (κ2) is 16.5. The number of urea groups is 1. The van der Waals surface area contributed by atoms with Crippen LogP contribution in [0.15, 0.2) is 82.6 Å². The number of nitrogens with zero attached hydrogens (tertiary/aromatic N) is 1. The number of hydrogen-bond donors (Lipinski definition) is 2. The van der Waals surface area contributed by atoms with Gasteiger partial charge in [0.1, 0.15) is 5.75 Å². The Bertz CT molecular complexity index is 1150. The minimum absolute atomic E-state index is 0.0207. The van der Waals surface area contributed by atoms with Gasteiger partial charge in [0.25, 0.3) is 0 Å². The fraction of sp³-hybridized carbons (Fsp3) is 0.375. The molecule has 0 unspecified atom stereocenters. The second-order valence-corrected chi connectivity index (χ2v) is 10.7. The Balaban J connectivity index is 1.65. The van der Waals surface area contributed by atoms with E-state index in [4.69, 9.17) is 9.84 Å². The molecule has 0 radical (unpaired) electrons. The van der Waals surface area contributed by atoms with Gasteiger partial charge in [0.15, 0.2) is 0 Å². The number of unbranched alkanes of at least 4 members (excludes halogenated alkanes) is 5. The number of carboxylic acids is 1. The Kier molecular flexibility index (Phi) is 12.7. The van der Waals surface area contributed by atoms with Gasteiger partial charge in [-0.2, -0.15) is 0 Å². The minimum atomic E-state index is -0.835. The van der Waals surface area contributed by atoms with E-state index in [-0.39, 0.29) is 12.5 Å². The normalized spacial score (nSPS) is 10.7. The predicted octanol–water partition coefficient (Wildman–Crippen LogP) is 8.65. The van der Waals surface area contributed by atoms with Crippen molar-refractivity contribution in [3.63, 3.8) is 0 Å². The van der Waals surface area contributed by atoms with Crippen LogP contribution in [-0.4, -0.2) is 30.3 Å². The summed E-state index contributed by atoms with van der Waals surface area (Å²) < 4.78 is 5.73. The number of aliphatic carboxylic acids is 1. The molecular weight excluding hydrogens is 508 g/mol. The van der Waals surface area contributed by atoms with Gasteiger partial charge in [-0.25, -0.2) is 4.79 Å². The molecule has 2 N–H and O–H groups in total. The van der Waals surface area contributed by atoms with E-state index in [1.54, 1.807) is 11.8 Å². The molecule has 0 saturated heterocycles. The number of nitrogens with one attached hydrogen (secondary N) is 1. The summed E-state index contributed by atoms with van der Waals surface area (Å²) >= 11 is 1.60. The van der Waals surface area contributed by atoms with Crippen molar-refractivity contribution in [2.75, 3.05) is 23.4 Å². The van der Waals surface area contributed by atoms with E-state index in [0.717, 1.165) is 58.2 Å². The van der Waals surface area contributed by atoms with E-state index in [1.165, 1.54) is 19.3 Å². The highest BCUT2D eigenvalue weighted by atomic mass is 32.2. The number of carboxylic acid groups (broad SMARTS) is 1. The Morgan fingerprint density at radius 2 is 1.41 bits per heavy atom. The zero-order valence-corrected chi connectivity index (χ0v) is 23.8.